The molecule has 0 aliphatic carbocycles. The van der Waals surface area contributed by atoms with Gasteiger partial charge in [-0.2, -0.15) is 5.10 Å². The first-order chi connectivity index (χ1) is 8.16. The first kappa shape index (κ1) is 11.9. The minimum atomic E-state index is 0.0196. The van der Waals surface area contributed by atoms with Gasteiger partial charge in [-0.1, -0.05) is 25.4 Å². The number of rotatable bonds is 4. The predicted molar refractivity (Wildman–Crippen MR) is 66.8 cm³/mol. The third-order valence-electron chi connectivity index (χ3n) is 2.38. The number of halogens is 1. The molecule has 0 aliphatic heterocycles. The second-order valence-electron chi connectivity index (χ2n) is 4.07. The average molecular weight is 252 g/mol. The van der Waals surface area contributed by atoms with Crippen molar-refractivity contribution in [2.45, 2.75) is 20.0 Å². The number of aromatic nitrogens is 4. The van der Waals surface area contributed by atoms with Crippen LogP contribution in [0.2, 0.25) is 5.02 Å². The fourth-order valence-electron chi connectivity index (χ4n) is 1.51. The summed E-state index contributed by atoms with van der Waals surface area (Å²) in [6.07, 6.45) is 4.84. The highest BCUT2D eigenvalue weighted by Crippen LogP contribution is 2.19. The molecule has 5 nitrogen and oxygen atoms in total. The van der Waals surface area contributed by atoms with E-state index in [-0.39, 0.29) is 6.17 Å². The molecule has 0 saturated carbocycles. The SMILES string of the molecule is CC(C)[C@@H](Nc1ccc(Cl)cn1)n1cncn1. The molecule has 0 unspecified atom stereocenters. The van der Waals surface area contributed by atoms with Crippen LogP contribution in [0.1, 0.15) is 20.0 Å². The summed E-state index contributed by atoms with van der Waals surface area (Å²) >= 11 is 5.79. The van der Waals surface area contributed by atoms with E-state index in [1.165, 1.54) is 6.33 Å². The zero-order valence-electron chi connectivity index (χ0n) is 9.71. The van der Waals surface area contributed by atoms with E-state index >= 15 is 0 Å². The van der Waals surface area contributed by atoms with Crippen molar-refractivity contribution >= 4 is 17.4 Å². The van der Waals surface area contributed by atoms with Gasteiger partial charge in [0.2, 0.25) is 0 Å². The van der Waals surface area contributed by atoms with Crippen molar-refractivity contribution in [3.63, 3.8) is 0 Å². The molecular formula is C11H14ClN5. The lowest BCUT2D eigenvalue weighted by Gasteiger charge is -2.22. The van der Waals surface area contributed by atoms with E-state index < -0.39 is 0 Å². The van der Waals surface area contributed by atoms with Gasteiger partial charge >= 0.3 is 0 Å². The number of anilines is 1. The van der Waals surface area contributed by atoms with Crippen molar-refractivity contribution < 1.29 is 0 Å². The molecule has 0 aromatic carbocycles. The minimum absolute atomic E-state index is 0.0196. The van der Waals surface area contributed by atoms with E-state index in [2.05, 4.69) is 34.2 Å². The van der Waals surface area contributed by atoms with Crippen molar-refractivity contribution in [1.82, 2.24) is 19.7 Å². The van der Waals surface area contributed by atoms with Crippen molar-refractivity contribution in [1.29, 1.82) is 0 Å². The number of hydrogen-bond donors (Lipinski definition) is 1. The Bertz CT molecular complexity index is 451. The highest BCUT2D eigenvalue weighted by Gasteiger charge is 2.16. The van der Waals surface area contributed by atoms with E-state index in [0.29, 0.717) is 10.9 Å². The molecule has 90 valence electrons. The summed E-state index contributed by atoms with van der Waals surface area (Å²) in [5.41, 5.74) is 0. The van der Waals surface area contributed by atoms with Crippen LogP contribution >= 0.6 is 11.6 Å². The van der Waals surface area contributed by atoms with Gasteiger partial charge in [0.1, 0.15) is 24.6 Å². The monoisotopic (exact) mass is 251 g/mol. The Morgan fingerprint density at radius 2 is 2.18 bits per heavy atom. The average Bonchev–Trinajstić information content (AvgIpc) is 2.81. The third kappa shape index (κ3) is 2.94. The van der Waals surface area contributed by atoms with Crippen LogP contribution in [0.3, 0.4) is 0 Å². The first-order valence-electron chi connectivity index (χ1n) is 5.39. The lowest BCUT2D eigenvalue weighted by atomic mass is 10.1. The maximum absolute atomic E-state index is 5.79. The highest BCUT2D eigenvalue weighted by molar-refractivity contribution is 6.30. The Kier molecular flexibility index (Phi) is 3.58. The van der Waals surface area contributed by atoms with E-state index in [1.807, 2.05) is 6.07 Å². The van der Waals surface area contributed by atoms with Crippen LogP contribution in [-0.2, 0) is 0 Å². The van der Waals surface area contributed by atoms with Crippen molar-refractivity contribution in [3.8, 4) is 0 Å². The van der Waals surface area contributed by atoms with Crippen molar-refractivity contribution in [3.05, 3.63) is 36.0 Å². The lowest BCUT2D eigenvalue weighted by Crippen LogP contribution is -2.24. The summed E-state index contributed by atoms with van der Waals surface area (Å²) < 4.78 is 1.78. The van der Waals surface area contributed by atoms with Gasteiger partial charge in [-0.05, 0) is 18.1 Å². The zero-order chi connectivity index (χ0) is 12.3. The smallest absolute Gasteiger partial charge is 0.137 e. The topological polar surface area (TPSA) is 55.6 Å². The zero-order valence-corrected chi connectivity index (χ0v) is 10.5. The van der Waals surface area contributed by atoms with Gasteiger partial charge in [0, 0.05) is 6.20 Å². The van der Waals surface area contributed by atoms with Gasteiger partial charge in [-0.15, -0.1) is 0 Å². The van der Waals surface area contributed by atoms with Gasteiger partial charge in [-0.25, -0.2) is 14.6 Å². The van der Waals surface area contributed by atoms with E-state index in [4.69, 9.17) is 11.6 Å². The second-order valence-corrected chi connectivity index (χ2v) is 4.51. The van der Waals surface area contributed by atoms with Gasteiger partial charge in [0.05, 0.1) is 5.02 Å². The minimum Gasteiger partial charge on any atom is -0.348 e. The second kappa shape index (κ2) is 5.14. The number of pyridine rings is 1. The Labute approximate surface area is 105 Å². The van der Waals surface area contributed by atoms with Crippen LogP contribution in [0.5, 0.6) is 0 Å². The molecule has 1 N–H and O–H groups in total. The van der Waals surface area contributed by atoms with Crippen molar-refractivity contribution in [2.24, 2.45) is 5.92 Å². The van der Waals surface area contributed by atoms with E-state index in [9.17, 15) is 0 Å². The maximum atomic E-state index is 5.79. The van der Waals surface area contributed by atoms with E-state index in [1.54, 1.807) is 23.3 Å². The molecule has 0 radical (unpaired) electrons. The van der Waals surface area contributed by atoms with Gasteiger partial charge < -0.3 is 5.32 Å². The van der Waals surface area contributed by atoms with Gasteiger partial charge in [0.25, 0.3) is 0 Å². The quantitative estimate of drug-likeness (QED) is 0.908. The molecule has 6 heteroatoms. The molecule has 2 heterocycles. The molecule has 17 heavy (non-hydrogen) atoms. The summed E-state index contributed by atoms with van der Waals surface area (Å²) in [5, 5.41) is 8.06. The van der Waals surface area contributed by atoms with Crippen LogP contribution in [0.15, 0.2) is 31.0 Å². The Hall–Kier alpha value is -1.62. The highest BCUT2D eigenvalue weighted by atomic mass is 35.5. The fourth-order valence-corrected chi connectivity index (χ4v) is 1.62. The molecule has 0 bridgehead atoms. The molecule has 0 spiro atoms. The Balaban J connectivity index is 2.16. The van der Waals surface area contributed by atoms with Crippen LogP contribution in [0.25, 0.3) is 0 Å². The summed E-state index contributed by atoms with van der Waals surface area (Å²) in [6.45, 7) is 4.21. The summed E-state index contributed by atoms with van der Waals surface area (Å²) in [6, 6.07) is 3.64. The molecule has 2 aromatic heterocycles. The normalized spacial score (nSPS) is 12.7. The summed E-state index contributed by atoms with van der Waals surface area (Å²) in [7, 11) is 0. The molecule has 1 atom stereocenters. The fraction of sp³-hybridized carbons (Fsp3) is 0.364. The molecule has 2 aromatic rings. The first-order valence-corrected chi connectivity index (χ1v) is 5.77. The van der Waals surface area contributed by atoms with Gasteiger partial charge in [-0.3, -0.25) is 0 Å². The van der Waals surface area contributed by atoms with E-state index in [0.717, 1.165) is 5.82 Å². The molecule has 0 aliphatic rings. The largest absolute Gasteiger partial charge is 0.348 e. The third-order valence-corrected chi connectivity index (χ3v) is 2.60. The Morgan fingerprint density at radius 3 is 2.71 bits per heavy atom. The maximum Gasteiger partial charge on any atom is 0.137 e. The Morgan fingerprint density at radius 1 is 1.35 bits per heavy atom. The van der Waals surface area contributed by atoms with Crippen LogP contribution in [0, 0.1) is 5.92 Å². The standard InChI is InChI=1S/C11H14ClN5/c1-8(2)11(17-7-13-6-15-17)16-10-4-3-9(12)5-14-10/h3-8,11H,1-2H3,(H,14,16)/t11-/m0/s1. The molecule has 2 rings (SSSR count). The molecular weight excluding hydrogens is 238 g/mol. The molecule has 0 amide bonds. The summed E-state index contributed by atoms with van der Waals surface area (Å²) in [4.78, 5) is 8.16. The number of nitrogens with zero attached hydrogens (tertiary/aromatic N) is 4. The van der Waals surface area contributed by atoms with Crippen LogP contribution in [-0.4, -0.2) is 19.7 Å². The number of hydrogen-bond acceptors (Lipinski definition) is 4. The summed E-state index contributed by atoms with van der Waals surface area (Å²) in [5.74, 6) is 1.12. The van der Waals surface area contributed by atoms with Crippen LogP contribution < -0.4 is 5.32 Å². The molecule has 0 saturated heterocycles. The van der Waals surface area contributed by atoms with Gasteiger partial charge in [0.15, 0.2) is 0 Å². The lowest BCUT2D eigenvalue weighted by molar-refractivity contribution is 0.384. The number of nitrogens with one attached hydrogen (secondary N) is 1. The van der Waals surface area contributed by atoms with Crippen molar-refractivity contribution in [2.75, 3.05) is 5.32 Å². The van der Waals surface area contributed by atoms with Crippen LogP contribution in [0.4, 0.5) is 5.82 Å². The predicted octanol–water partition coefficient (Wildman–Crippen LogP) is 2.59. The molecule has 0 fully saturated rings.